The van der Waals surface area contributed by atoms with Crippen LogP contribution in [-0.4, -0.2) is 24.2 Å². The van der Waals surface area contributed by atoms with Crippen molar-refractivity contribution < 1.29 is 19.4 Å². The second kappa shape index (κ2) is 4.59. The molecule has 4 unspecified atom stereocenters. The number of ether oxygens (including phenoxy) is 1. The van der Waals surface area contributed by atoms with E-state index in [-0.39, 0.29) is 11.4 Å². The third kappa shape index (κ3) is 1.90. The summed E-state index contributed by atoms with van der Waals surface area (Å²) in [6.07, 6.45) is 4.29. The lowest BCUT2D eigenvalue weighted by molar-refractivity contribution is -0.193. The first-order chi connectivity index (χ1) is 10.9. The molecule has 0 amide bonds. The monoisotopic (exact) mass is 314 g/mol. The number of hydrogen-bond acceptors (Lipinski definition) is 3. The van der Waals surface area contributed by atoms with Gasteiger partial charge in [0.25, 0.3) is 0 Å². The highest BCUT2D eigenvalue weighted by molar-refractivity contribution is 5.82. The van der Waals surface area contributed by atoms with Crippen molar-refractivity contribution in [1.82, 2.24) is 0 Å². The van der Waals surface area contributed by atoms with E-state index in [1.165, 1.54) is 12.7 Å². The van der Waals surface area contributed by atoms with Gasteiger partial charge in [0, 0.05) is 0 Å². The summed E-state index contributed by atoms with van der Waals surface area (Å²) in [5, 5.41) is 9.96. The molecule has 122 valence electrons. The molecule has 0 aliphatic heterocycles. The number of aliphatic carboxylic acids is 1. The fraction of sp³-hybridized carbons (Fsp3) is 0.579. The van der Waals surface area contributed by atoms with Gasteiger partial charge in [-0.2, -0.15) is 0 Å². The number of rotatable bonds is 3. The van der Waals surface area contributed by atoms with Gasteiger partial charge in [-0.1, -0.05) is 30.3 Å². The lowest BCUT2D eigenvalue weighted by Crippen LogP contribution is -2.63. The zero-order valence-electron chi connectivity index (χ0n) is 13.4. The van der Waals surface area contributed by atoms with Crippen LogP contribution < -0.4 is 0 Å². The molecule has 4 nitrogen and oxygen atoms in total. The number of hydrogen-bond donors (Lipinski definition) is 1. The largest absolute Gasteiger partial charge is 0.481 e. The molecular formula is C19H22O4. The number of methoxy groups -OCH3 is 1. The third-order valence-corrected chi connectivity index (χ3v) is 6.53. The molecule has 23 heavy (non-hydrogen) atoms. The first-order valence-corrected chi connectivity index (χ1v) is 8.31. The SMILES string of the molecule is COC(=O)C12CC3CC(C(=O)O)(C1)CC(c1ccccc1)(C3)C2. The first-order valence-electron chi connectivity index (χ1n) is 8.31. The number of benzene rings is 1. The van der Waals surface area contributed by atoms with Crippen molar-refractivity contribution in [3.05, 3.63) is 35.9 Å². The van der Waals surface area contributed by atoms with Gasteiger partial charge in [0.05, 0.1) is 17.9 Å². The van der Waals surface area contributed by atoms with Gasteiger partial charge in [-0.3, -0.25) is 9.59 Å². The first kappa shape index (κ1) is 14.7. The summed E-state index contributed by atoms with van der Waals surface area (Å²) in [7, 11) is 1.42. The molecule has 1 aromatic rings. The number of carboxylic acid groups (broad SMARTS) is 1. The molecule has 4 aliphatic carbocycles. The molecule has 1 N–H and O–H groups in total. The van der Waals surface area contributed by atoms with Crippen molar-refractivity contribution >= 4 is 11.9 Å². The van der Waals surface area contributed by atoms with Crippen molar-refractivity contribution in [3.63, 3.8) is 0 Å². The maximum absolute atomic E-state index is 12.6. The second-order valence-electron chi connectivity index (χ2n) is 8.01. The van der Waals surface area contributed by atoms with Gasteiger partial charge in [-0.05, 0) is 55.4 Å². The van der Waals surface area contributed by atoms with Crippen molar-refractivity contribution in [2.45, 2.75) is 43.9 Å². The highest BCUT2D eigenvalue weighted by atomic mass is 16.5. The Bertz CT molecular complexity index is 669. The zero-order valence-corrected chi connectivity index (χ0v) is 13.4. The third-order valence-electron chi connectivity index (χ3n) is 6.53. The Labute approximate surface area is 135 Å². The summed E-state index contributed by atoms with van der Waals surface area (Å²) in [6.45, 7) is 0. The minimum atomic E-state index is -0.774. The summed E-state index contributed by atoms with van der Waals surface area (Å²) in [6, 6.07) is 10.2. The lowest BCUT2D eigenvalue weighted by atomic mass is 9.38. The highest BCUT2D eigenvalue weighted by Gasteiger charge is 2.68. The van der Waals surface area contributed by atoms with Gasteiger partial charge < -0.3 is 9.84 Å². The Morgan fingerprint density at radius 1 is 1.04 bits per heavy atom. The van der Waals surface area contributed by atoms with Crippen LogP contribution in [0.15, 0.2) is 30.3 Å². The predicted octanol–water partition coefficient (Wildman–Crippen LogP) is 3.15. The summed E-state index contributed by atoms with van der Waals surface area (Å²) in [5.41, 5.74) is -0.415. The lowest BCUT2D eigenvalue weighted by Gasteiger charge is -2.64. The molecule has 4 bridgehead atoms. The summed E-state index contributed by atoms with van der Waals surface area (Å²) in [5.74, 6) is -0.663. The molecule has 0 radical (unpaired) electrons. The van der Waals surface area contributed by atoms with E-state index in [1.54, 1.807) is 0 Å². The molecule has 0 spiro atoms. The smallest absolute Gasteiger partial charge is 0.311 e. The number of carbonyl (C=O) groups excluding carboxylic acids is 1. The van der Waals surface area contributed by atoms with Gasteiger partial charge >= 0.3 is 11.9 Å². The molecule has 4 fully saturated rings. The average molecular weight is 314 g/mol. The second-order valence-corrected chi connectivity index (χ2v) is 8.01. The highest BCUT2D eigenvalue weighted by Crippen LogP contribution is 2.70. The van der Waals surface area contributed by atoms with Crippen molar-refractivity contribution in [2.75, 3.05) is 7.11 Å². The van der Waals surface area contributed by atoms with E-state index in [2.05, 4.69) is 12.1 Å². The van der Waals surface area contributed by atoms with Crippen LogP contribution in [0.25, 0.3) is 0 Å². The molecule has 0 aromatic heterocycles. The standard InChI is InChI=1S/C19H22O4/c1-23-16(22)19-9-13-7-17(11-19,14-5-3-2-4-6-14)10-18(8-13,12-19)15(20)21/h2-6,13H,7-12H2,1H3,(H,20,21). The van der Waals surface area contributed by atoms with E-state index in [0.29, 0.717) is 25.2 Å². The van der Waals surface area contributed by atoms with Crippen LogP contribution in [0.5, 0.6) is 0 Å². The van der Waals surface area contributed by atoms with E-state index >= 15 is 0 Å². The summed E-state index contributed by atoms with van der Waals surface area (Å²) < 4.78 is 5.11. The van der Waals surface area contributed by atoms with Gasteiger partial charge in [-0.25, -0.2) is 0 Å². The predicted molar refractivity (Wildman–Crippen MR) is 83.8 cm³/mol. The molecule has 5 rings (SSSR count). The van der Waals surface area contributed by atoms with Crippen LogP contribution in [0.2, 0.25) is 0 Å². The summed E-state index contributed by atoms with van der Waals surface area (Å²) in [4.78, 5) is 24.7. The Morgan fingerprint density at radius 3 is 2.35 bits per heavy atom. The molecule has 0 heterocycles. The van der Waals surface area contributed by atoms with Gasteiger partial charge in [0.2, 0.25) is 0 Å². The number of carbonyl (C=O) groups is 2. The van der Waals surface area contributed by atoms with E-state index in [0.717, 1.165) is 19.3 Å². The van der Waals surface area contributed by atoms with E-state index in [9.17, 15) is 14.7 Å². The van der Waals surface area contributed by atoms with Crippen molar-refractivity contribution in [1.29, 1.82) is 0 Å². The Balaban J connectivity index is 1.87. The molecule has 4 saturated carbocycles. The molecule has 0 saturated heterocycles. The van der Waals surface area contributed by atoms with Crippen molar-refractivity contribution in [2.24, 2.45) is 16.7 Å². The van der Waals surface area contributed by atoms with Gasteiger partial charge in [0.1, 0.15) is 0 Å². The summed E-state index contributed by atoms with van der Waals surface area (Å²) >= 11 is 0. The fourth-order valence-corrected chi connectivity index (χ4v) is 6.23. The minimum absolute atomic E-state index is 0.201. The van der Waals surface area contributed by atoms with Crippen LogP contribution in [-0.2, 0) is 19.7 Å². The van der Waals surface area contributed by atoms with Crippen molar-refractivity contribution in [3.8, 4) is 0 Å². The van der Waals surface area contributed by atoms with E-state index in [4.69, 9.17) is 4.74 Å². The van der Waals surface area contributed by atoms with Crippen LogP contribution in [0.4, 0.5) is 0 Å². The molecule has 4 atom stereocenters. The van der Waals surface area contributed by atoms with Gasteiger partial charge in [0.15, 0.2) is 0 Å². The Hall–Kier alpha value is -1.84. The van der Waals surface area contributed by atoms with Crippen LogP contribution in [0, 0.1) is 16.7 Å². The maximum atomic E-state index is 12.6. The Kier molecular flexibility index (Phi) is 2.94. The zero-order chi connectivity index (χ0) is 16.3. The van der Waals surface area contributed by atoms with Crippen LogP contribution >= 0.6 is 0 Å². The quantitative estimate of drug-likeness (QED) is 0.871. The topological polar surface area (TPSA) is 63.6 Å². The Morgan fingerprint density at radius 2 is 1.70 bits per heavy atom. The minimum Gasteiger partial charge on any atom is -0.481 e. The molecular weight excluding hydrogens is 292 g/mol. The maximum Gasteiger partial charge on any atom is 0.311 e. The van der Waals surface area contributed by atoms with Gasteiger partial charge in [-0.15, -0.1) is 0 Å². The molecule has 1 aromatic carbocycles. The number of esters is 1. The van der Waals surface area contributed by atoms with E-state index in [1.807, 2.05) is 18.2 Å². The van der Waals surface area contributed by atoms with Crippen LogP contribution in [0.3, 0.4) is 0 Å². The fourth-order valence-electron chi connectivity index (χ4n) is 6.23. The molecule has 4 aliphatic rings. The average Bonchev–Trinajstić information content (AvgIpc) is 2.53. The van der Waals surface area contributed by atoms with Crippen LogP contribution in [0.1, 0.15) is 44.1 Å². The molecule has 4 heteroatoms. The normalized spacial score (nSPS) is 40.8. The van der Waals surface area contributed by atoms with E-state index < -0.39 is 16.8 Å². The number of carboxylic acids is 1.